The van der Waals surface area contributed by atoms with Gasteiger partial charge in [0, 0.05) is 13.0 Å². The van der Waals surface area contributed by atoms with E-state index in [1.54, 1.807) is 0 Å². The highest BCUT2D eigenvalue weighted by atomic mass is 16.3. The van der Waals surface area contributed by atoms with Crippen molar-refractivity contribution in [3.05, 3.63) is 11.6 Å². The standard InChI is InChI=1S/C10H16O2/c1-7-5-10(2,3)8(6-11)4-9(7)12/h5,8,11H,4,6H2,1-3H3. The van der Waals surface area contributed by atoms with Crippen LogP contribution in [0.4, 0.5) is 0 Å². The minimum Gasteiger partial charge on any atom is -0.396 e. The summed E-state index contributed by atoms with van der Waals surface area (Å²) >= 11 is 0. The summed E-state index contributed by atoms with van der Waals surface area (Å²) in [5.41, 5.74) is 0.803. The van der Waals surface area contributed by atoms with Gasteiger partial charge in [-0.1, -0.05) is 19.9 Å². The maximum Gasteiger partial charge on any atom is 0.158 e. The van der Waals surface area contributed by atoms with E-state index in [0.29, 0.717) is 6.42 Å². The molecule has 0 saturated heterocycles. The maximum atomic E-state index is 11.3. The molecule has 0 bridgehead atoms. The SMILES string of the molecule is CC1=CC(C)(C)C(CO)CC1=O. The average molecular weight is 168 g/mol. The van der Waals surface area contributed by atoms with Gasteiger partial charge >= 0.3 is 0 Å². The third kappa shape index (κ3) is 1.58. The number of allylic oxidation sites excluding steroid dienone is 2. The van der Waals surface area contributed by atoms with Crippen molar-refractivity contribution in [1.29, 1.82) is 0 Å². The Balaban J connectivity index is 2.93. The second-order valence-electron chi connectivity index (χ2n) is 4.16. The molecule has 1 N–H and O–H groups in total. The van der Waals surface area contributed by atoms with Crippen LogP contribution in [-0.4, -0.2) is 17.5 Å². The van der Waals surface area contributed by atoms with E-state index in [-0.39, 0.29) is 23.7 Å². The first-order valence-corrected chi connectivity index (χ1v) is 4.31. The number of carbonyl (C=O) groups is 1. The first-order valence-electron chi connectivity index (χ1n) is 4.31. The average Bonchev–Trinajstić information content (AvgIpc) is 1.96. The van der Waals surface area contributed by atoms with Crippen molar-refractivity contribution in [2.45, 2.75) is 27.2 Å². The molecule has 0 heterocycles. The summed E-state index contributed by atoms with van der Waals surface area (Å²) in [6, 6.07) is 0. The van der Waals surface area contributed by atoms with E-state index in [1.807, 2.05) is 13.0 Å². The highest BCUT2D eigenvalue weighted by molar-refractivity contribution is 5.96. The second-order valence-corrected chi connectivity index (χ2v) is 4.16. The Labute approximate surface area is 73.3 Å². The van der Waals surface area contributed by atoms with Crippen LogP contribution in [0.15, 0.2) is 11.6 Å². The molecule has 0 saturated carbocycles. The first kappa shape index (κ1) is 9.46. The molecule has 0 radical (unpaired) electrons. The van der Waals surface area contributed by atoms with Crippen LogP contribution in [0.5, 0.6) is 0 Å². The Hall–Kier alpha value is -0.630. The lowest BCUT2D eigenvalue weighted by Crippen LogP contribution is -2.32. The Kier molecular flexibility index (Phi) is 2.38. The third-order valence-electron chi connectivity index (χ3n) is 2.73. The lowest BCUT2D eigenvalue weighted by Gasteiger charge is -2.34. The molecule has 1 atom stereocenters. The predicted octanol–water partition coefficient (Wildman–Crippen LogP) is 1.54. The van der Waals surface area contributed by atoms with Crippen LogP contribution in [-0.2, 0) is 4.79 Å². The summed E-state index contributed by atoms with van der Waals surface area (Å²) in [6.45, 7) is 6.06. The van der Waals surface area contributed by atoms with E-state index in [4.69, 9.17) is 5.11 Å². The zero-order valence-electron chi connectivity index (χ0n) is 7.92. The Morgan fingerprint density at radius 2 is 2.25 bits per heavy atom. The molecule has 0 aromatic heterocycles. The molecular weight excluding hydrogens is 152 g/mol. The van der Waals surface area contributed by atoms with Gasteiger partial charge in [0.25, 0.3) is 0 Å². The van der Waals surface area contributed by atoms with Crippen LogP contribution in [0.3, 0.4) is 0 Å². The monoisotopic (exact) mass is 168 g/mol. The first-order chi connectivity index (χ1) is 5.47. The second kappa shape index (κ2) is 3.02. The van der Waals surface area contributed by atoms with Gasteiger partial charge < -0.3 is 5.11 Å². The van der Waals surface area contributed by atoms with Crippen molar-refractivity contribution in [2.24, 2.45) is 11.3 Å². The molecule has 0 amide bonds. The molecule has 1 rings (SSSR count). The zero-order valence-corrected chi connectivity index (χ0v) is 7.92. The van der Waals surface area contributed by atoms with Gasteiger partial charge in [-0.25, -0.2) is 0 Å². The van der Waals surface area contributed by atoms with E-state index in [0.717, 1.165) is 5.57 Å². The molecule has 12 heavy (non-hydrogen) atoms. The minimum absolute atomic E-state index is 0.0350. The fraction of sp³-hybridized carbons (Fsp3) is 0.700. The number of carbonyl (C=O) groups excluding carboxylic acids is 1. The molecule has 0 aromatic carbocycles. The van der Waals surface area contributed by atoms with Crippen molar-refractivity contribution in [3.8, 4) is 0 Å². The van der Waals surface area contributed by atoms with Crippen LogP contribution in [0.25, 0.3) is 0 Å². The molecule has 0 spiro atoms. The van der Waals surface area contributed by atoms with E-state index in [1.165, 1.54) is 0 Å². The largest absolute Gasteiger partial charge is 0.396 e. The quantitative estimate of drug-likeness (QED) is 0.645. The molecule has 2 heteroatoms. The van der Waals surface area contributed by atoms with Crippen LogP contribution < -0.4 is 0 Å². The fourth-order valence-electron chi connectivity index (χ4n) is 1.70. The number of rotatable bonds is 1. The van der Waals surface area contributed by atoms with Crippen LogP contribution >= 0.6 is 0 Å². The van der Waals surface area contributed by atoms with Gasteiger partial charge in [0.05, 0.1) is 0 Å². The number of aliphatic hydroxyl groups excluding tert-OH is 1. The summed E-state index contributed by atoms with van der Waals surface area (Å²) in [6.07, 6.45) is 2.46. The smallest absolute Gasteiger partial charge is 0.158 e. The highest BCUT2D eigenvalue weighted by Gasteiger charge is 2.33. The molecular formula is C10H16O2. The number of aliphatic hydroxyl groups is 1. The van der Waals surface area contributed by atoms with Crippen molar-refractivity contribution < 1.29 is 9.90 Å². The van der Waals surface area contributed by atoms with Crippen molar-refractivity contribution >= 4 is 5.78 Å². The van der Waals surface area contributed by atoms with E-state index in [2.05, 4.69) is 13.8 Å². The third-order valence-corrected chi connectivity index (χ3v) is 2.73. The van der Waals surface area contributed by atoms with Crippen LogP contribution in [0, 0.1) is 11.3 Å². The Morgan fingerprint density at radius 3 is 2.75 bits per heavy atom. The molecule has 0 aliphatic heterocycles. The minimum atomic E-state index is -0.0350. The van der Waals surface area contributed by atoms with Gasteiger partial charge in [-0.2, -0.15) is 0 Å². The van der Waals surface area contributed by atoms with Gasteiger partial charge in [-0.3, -0.25) is 4.79 Å². The number of ketones is 1. The van der Waals surface area contributed by atoms with Crippen molar-refractivity contribution in [1.82, 2.24) is 0 Å². The predicted molar refractivity (Wildman–Crippen MR) is 47.7 cm³/mol. The zero-order chi connectivity index (χ0) is 9.35. The number of hydrogen-bond acceptors (Lipinski definition) is 2. The van der Waals surface area contributed by atoms with Gasteiger partial charge in [0.1, 0.15) is 0 Å². The van der Waals surface area contributed by atoms with Gasteiger partial charge in [-0.15, -0.1) is 0 Å². The Morgan fingerprint density at radius 1 is 1.67 bits per heavy atom. The molecule has 0 fully saturated rings. The maximum absolute atomic E-state index is 11.3. The summed E-state index contributed by atoms with van der Waals surface area (Å²) in [5.74, 6) is 0.266. The molecule has 1 unspecified atom stereocenters. The van der Waals surface area contributed by atoms with Crippen molar-refractivity contribution in [2.75, 3.05) is 6.61 Å². The number of hydrogen-bond donors (Lipinski definition) is 1. The van der Waals surface area contributed by atoms with Gasteiger partial charge in [-0.05, 0) is 23.8 Å². The summed E-state index contributed by atoms with van der Waals surface area (Å²) in [7, 11) is 0. The fourth-order valence-corrected chi connectivity index (χ4v) is 1.70. The van der Waals surface area contributed by atoms with Gasteiger partial charge in [0.2, 0.25) is 0 Å². The van der Waals surface area contributed by atoms with E-state index < -0.39 is 0 Å². The van der Waals surface area contributed by atoms with Crippen LogP contribution in [0.2, 0.25) is 0 Å². The summed E-state index contributed by atoms with van der Waals surface area (Å²) in [5, 5.41) is 9.05. The van der Waals surface area contributed by atoms with Gasteiger partial charge in [0.15, 0.2) is 5.78 Å². The number of Topliss-reactive ketones (excluding diaryl/α,β-unsaturated/α-hetero) is 1. The molecule has 0 aromatic rings. The molecule has 2 nitrogen and oxygen atoms in total. The molecule has 1 aliphatic rings. The van der Waals surface area contributed by atoms with Crippen LogP contribution in [0.1, 0.15) is 27.2 Å². The molecule has 1 aliphatic carbocycles. The van der Waals surface area contributed by atoms with E-state index in [9.17, 15) is 4.79 Å². The molecule has 68 valence electrons. The highest BCUT2D eigenvalue weighted by Crippen LogP contribution is 2.36. The Bertz CT molecular complexity index is 226. The topological polar surface area (TPSA) is 37.3 Å². The van der Waals surface area contributed by atoms with E-state index >= 15 is 0 Å². The lowest BCUT2D eigenvalue weighted by molar-refractivity contribution is -0.118. The van der Waals surface area contributed by atoms with Crippen molar-refractivity contribution in [3.63, 3.8) is 0 Å². The summed E-state index contributed by atoms with van der Waals surface area (Å²) < 4.78 is 0. The lowest BCUT2D eigenvalue weighted by atomic mass is 9.71. The normalized spacial score (nSPS) is 28.5. The summed E-state index contributed by atoms with van der Waals surface area (Å²) in [4.78, 5) is 11.3.